The number of hydrogen-bond acceptors (Lipinski definition) is 3. The van der Waals surface area contributed by atoms with Gasteiger partial charge < -0.3 is 0 Å². The number of aliphatic imine (C=N–C) groups is 1. The molecule has 1 aliphatic heterocycles. The fourth-order valence-electron chi connectivity index (χ4n) is 1.29. The molecule has 88 valence electrons. The van der Waals surface area contributed by atoms with Crippen molar-refractivity contribution >= 4 is 41.9 Å². The molecule has 0 spiro atoms. The smallest absolute Gasteiger partial charge is 0.279 e. The topological polar surface area (TPSA) is 57.1 Å². The van der Waals surface area contributed by atoms with Crippen molar-refractivity contribution in [3.05, 3.63) is 33.8 Å². The molecule has 17 heavy (non-hydrogen) atoms. The molecule has 0 aromatic heterocycles. The molecule has 0 unspecified atom stereocenters. The number of rotatable bonds is 2. The lowest BCUT2D eigenvalue weighted by Gasteiger charge is -2.15. The summed E-state index contributed by atoms with van der Waals surface area (Å²) in [6, 6.07) is 4.83. The zero-order valence-electron chi connectivity index (χ0n) is 8.60. The van der Waals surface area contributed by atoms with E-state index in [0.717, 1.165) is 5.56 Å². The first-order valence-electron chi connectivity index (χ1n) is 4.72. The third-order valence-corrected chi connectivity index (χ3v) is 2.83. The van der Waals surface area contributed by atoms with Gasteiger partial charge in [0.15, 0.2) is 0 Å². The second-order valence-electron chi connectivity index (χ2n) is 3.30. The van der Waals surface area contributed by atoms with Gasteiger partial charge in [-0.1, -0.05) is 29.3 Å². The Morgan fingerprint density at radius 1 is 1.29 bits per heavy atom. The van der Waals surface area contributed by atoms with Crippen LogP contribution in [0, 0.1) is 0 Å². The van der Waals surface area contributed by atoms with Crippen LogP contribution in [0.2, 0.25) is 10.0 Å². The van der Waals surface area contributed by atoms with Crippen LogP contribution in [0.3, 0.4) is 0 Å². The van der Waals surface area contributed by atoms with Crippen LogP contribution in [0.25, 0.3) is 0 Å². The van der Waals surface area contributed by atoms with E-state index in [4.69, 9.17) is 23.2 Å². The van der Waals surface area contributed by atoms with E-state index in [2.05, 4.69) is 15.5 Å². The number of halogens is 2. The quantitative estimate of drug-likeness (QED) is 0.882. The Balaban J connectivity index is 2.14. The molecular formula is C10H8Cl2N4O. The molecule has 1 aromatic rings. The van der Waals surface area contributed by atoms with Gasteiger partial charge in [0.1, 0.15) is 12.7 Å². The highest BCUT2D eigenvalue weighted by molar-refractivity contribution is 6.42. The largest absolute Gasteiger partial charge is 0.343 e. The Morgan fingerprint density at radius 2 is 2.12 bits per heavy atom. The molecule has 2 amide bonds. The third-order valence-electron chi connectivity index (χ3n) is 2.09. The van der Waals surface area contributed by atoms with Crippen molar-refractivity contribution in [1.82, 2.24) is 10.3 Å². The molecule has 0 aliphatic carbocycles. The van der Waals surface area contributed by atoms with Gasteiger partial charge in [0.25, 0.3) is 0 Å². The number of nitrogens with zero attached hydrogens (tertiary/aromatic N) is 3. The number of carbonyl (C=O) groups is 1. The number of nitrogens with one attached hydrogen (secondary N) is 1. The predicted molar refractivity (Wildman–Crippen MR) is 67.5 cm³/mol. The highest BCUT2D eigenvalue weighted by atomic mass is 35.5. The molecule has 0 saturated heterocycles. The van der Waals surface area contributed by atoms with Crippen molar-refractivity contribution in [2.75, 3.05) is 0 Å². The lowest BCUT2D eigenvalue weighted by Crippen LogP contribution is -2.35. The lowest BCUT2D eigenvalue weighted by molar-refractivity contribution is 0.221. The minimum absolute atomic E-state index is 0.343. The molecule has 0 radical (unpaired) electrons. The summed E-state index contributed by atoms with van der Waals surface area (Å²) in [5, 5.41) is 4.49. The summed E-state index contributed by atoms with van der Waals surface area (Å²) >= 11 is 11.7. The van der Waals surface area contributed by atoms with Gasteiger partial charge in [-0.3, -0.25) is 4.90 Å². The Morgan fingerprint density at radius 3 is 2.88 bits per heavy atom. The van der Waals surface area contributed by atoms with Gasteiger partial charge >= 0.3 is 6.03 Å². The minimum Gasteiger partial charge on any atom is -0.279 e. The first-order valence-corrected chi connectivity index (χ1v) is 5.48. The first-order chi connectivity index (χ1) is 8.16. The van der Waals surface area contributed by atoms with Crippen molar-refractivity contribution in [1.29, 1.82) is 0 Å². The Labute approximate surface area is 108 Å². The molecule has 0 fully saturated rings. The number of benzene rings is 1. The van der Waals surface area contributed by atoms with Gasteiger partial charge in [-0.2, -0.15) is 5.10 Å². The van der Waals surface area contributed by atoms with Crippen LogP contribution >= 0.6 is 23.2 Å². The number of hydrogen-bond donors (Lipinski definition) is 1. The third kappa shape index (κ3) is 2.95. The first kappa shape index (κ1) is 11.9. The minimum atomic E-state index is -0.353. The van der Waals surface area contributed by atoms with E-state index in [-0.39, 0.29) is 6.03 Å². The molecule has 0 atom stereocenters. The van der Waals surface area contributed by atoms with E-state index in [1.54, 1.807) is 18.2 Å². The molecule has 1 aliphatic rings. The number of hydrazone groups is 1. The normalized spacial score (nSPS) is 14.7. The van der Waals surface area contributed by atoms with Crippen molar-refractivity contribution in [3.8, 4) is 0 Å². The molecule has 2 rings (SSSR count). The summed E-state index contributed by atoms with van der Waals surface area (Å²) in [6.45, 7) is 0.343. The Hall–Kier alpha value is -1.59. The van der Waals surface area contributed by atoms with E-state index in [1.165, 1.54) is 17.6 Å². The van der Waals surface area contributed by atoms with Gasteiger partial charge in [0, 0.05) is 0 Å². The average molecular weight is 271 g/mol. The zero-order chi connectivity index (χ0) is 12.3. The van der Waals surface area contributed by atoms with Gasteiger partial charge in [-0.25, -0.2) is 15.2 Å². The second kappa shape index (κ2) is 5.16. The van der Waals surface area contributed by atoms with E-state index >= 15 is 0 Å². The molecule has 0 saturated carbocycles. The Bertz CT molecular complexity index is 501. The van der Waals surface area contributed by atoms with Crippen LogP contribution < -0.4 is 5.43 Å². The highest BCUT2D eigenvalue weighted by Gasteiger charge is 2.13. The monoisotopic (exact) mass is 270 g/mol. The predicted octanol–water partition coefficient (Wildman–Crippen LogP) is 2.49. The van der Waals surface area contributed by atoms with E-state index in [0.29, 0.717) is 16.6 Å². The number of carbonyl (C=O) groups excluding carboxylic acids is 1. The maximum absolute atomic E-state index is 11.5. The summed E-state index contributed by atoms with van der Waals surface area (Å²) in [5.41, 5.74) is 3.16. The molecule has 7 heteroatoms. The molecular weight excluding hydrogens is 263 g/mol. The summed E-state index contributed by atoms with van der Waals surface area (Å²) < 4.78 is 0. The van der Waals surface area contributed by atoms with Crippen molar-refractivity contribution in [3.63, 3.8) is 0 Å². The maximum atomic E-state index is 11.5. The highest BCUT2D eigenvalue weighted by Crippen LogP contribution is 2.23. The van der Waals surface area contributed by atoms with Crippen molar-refractivity contribution < 1.29 is 4.79 Å². The molecule has 1 aromatic carbocycles. The van der Waals surface area contributed by atoms with Crippen LogP contribution in [-0.2, 0) is 6.54 Å². The standard InChI is InChI=1S/C10H8Cl2N4O/c11-8-2-1-7(3-9(8)12)4-16-6-13-5-14-15-10(16)17/h1-3,5-6H,4H2,(H,15,17). The maximum Gasteiger partial charge on any atom is 0.343 e. The van der Waals surface area contributed by atoms with Gasteiger partial charge in [-0.05, 0) is 17.7 Å². The number of amides is 2. The van der Waals surface area contributed by atoms with E-state index < -0.39 is 0 Å². The summed E-state index contributed by atoms with van der Waals surface area (Å²) in [5.74, 6) is 0. The van der Waals surface area contributed by atoms with E-state index in [1.807, 2.05) is 0 Å². The second-order valence-corrected chi connectivity index (χ2v) is 4.12. The average Bonchev–Trinajstić information content (AvgIpc) is 2.50. The van der Waals surface area contributed by atoms with Crippen LogP contribution in [0.5, 0.6) is 0 Å². The molecule has 0 bridgehead atoms. The summed E-state index contributed by atoms with van der Waals surface area (Å²) in [6.07, 6.45) is 2.65. The summed E-state index contributed by atoms with van der Waals surface area (Å²) in [4.78, 5) is 16.7. The van der Waals surface area contributed by atoms with Crippen molar-refractivity contribution in [2.45, 2.75) is 6.54 Å². The molecule has 1 N–H and O–H groups in total. The SMILES string of the molecule is O=C1NN=CN=CN1Cc1ccc(Cl)c(Cl)c1. The van der Waals surface area contributed by atoms with Gasteiger partial charge in [0.2, 0.25) is 0 Å². The fraction of sp³-hybridized carbons (Fsp3) is 0.100. The van der Waals surface area contributed by atoms with Gasteiger partial charge in [-0.15, -0.1) is 0 Å². The Kier molecular flexibility index (Phi) is 3.61. The summed E-state index contributed by atoms with van der Waals surface area (Å²) in [7, 11) is 0. The van der Waals surface area contributed by atoms with E-state index in [9.17, 15) is 4.79 Å². The lowest BCUT2D eigenvalue weighted by atomic mass is 10.2. The van der Waals surface area contributed by atoms with Gasteiger partial charge in [0.05, 0.1) is 16.6 Å². The van der Waals surface area contributed by atoms with Crippen molar-refractivity contribution in [2.24, 2.45) is 10.1 Å². The van der Waals surface area contributed by atoms with Crippen LogP contribution in [0.15, 0.2) is 28.3 Å². The van der Waals surface area contributed by atoms with Crippen LogP contribution in [-0.4, -0.2) is 23.6 Å². The fourth-order valence-corrected chi connectivity index (χ4v) is 1.61. The van der Waals surface area contributed by atoms with Crippen LogP contribution in [0.1, 0.15) is 5.56 Å². The molecule has 1 heterocycles. The molecule has 5 nitrogen and oxygen atoms in total. The number of urea groups is 1. The zero-order valence-corrected chi connectivity index (χ0v) is 10.1. The van der Waals surface area contributed by atoms with Crippen LogP contribution in [0.4, 0.5) is 4.79 Å².